The van der Waals surface area contributed by atoms with Crippen molar-refractivity contribution < 1.29 is 27.4 Å². The molecule has 4 nitrogen and oxygen atoms in total. The normalized spacial score (nSPS) is 13.4. The van der Waals surface area contributed by atoms with Crippen LogP contribution in [0.4, 0.5) is 13.2 Å². The first kappa shape index (κ1) is 15.9. The average Bonchev–Trinajstić information content (AvgIpc) is 3.23. The SMILES string of the molecule is Cc1c(C(=O)C(F)(F)F)c(-c2cccs2)nc2cc3c(cc12)OCO3. The molecule has 0 saturated heterocycles. The molecule has 128 valence electrons. The predicted octanol–water partition coefficient (Wildman–Crippen LogP) is 4.75. The smallest absolute Gasteiger partial charge is 0.454 e. The fraction of sp³-hybridized carbons (Fsp3) is 0.176. The fourth-order valence-corrected chi connectivity index (χ4v) is 3.54. The van der Waals surface area contributed by atoms with Gasteiger partial charge in [0.25, 0.3) is 5.78 Å². The van der Waals surface area contributed by atoms with Crippen molar-refractivity contribution in [2.75, 3.05) is 6.79 Å². The number of ether oxygens (including phenoxy) is 2. The molecule has 1 aromatic carbocycles. The van der Waals surface area contributed by atoms with Crippen molar-refractivity contribution in [1.82, 2.24) is 4.98 Å². The molecule has 2 aromatic heterocycles. The molecule has 8 heteroatoms. The summed E-state index contributed by atoms with van der Waals surface area (Å²) in [6.07, 6.45) is -4.98. The van der Waals surface area contributed by atoms with Gasteiger partial charge in [0.1, 0.15) is 0 Å². The highest BCUT2D eigenvalue weighted by atomic mass is 32.1. The van der Waals surface area contributed by atoms with Crippen molar-refractivity contribution in [2.45, 2.75) is 13.1 Å². The van der Waals surface area contributed by atoms with E-state index in [0.29, 0.717) is 27.3 Å². The lowest BCUT2D eigenvalue weighted by atomic mass is 9.97. The van der Waals surface area contributed by atoms with E-state index in [1.54, 1.807) is 29.6 Å². The second kappa shape index (κ2) is 5.45. The van der Waals surface area contributed by atoms with Crippen molar-refractivity contribution in [3.05, 3.63) is 40.8 Å². The van der Waals surface area contributed by atoms with Gasteiger partial charge in [0, 0.05) is 11.5 Å². The number of carbonyl (C=O) groups is 1. The number of fused-ring (bicyclic) bond motifs is 2. The van der Waals surface area contributed by atoms with Gasteiger partial charge in [0.05, 0.1) is 21.7 Å². The van der Waals surface area contributed by atoms with Crippen LogP contribution >= 0.6 is 11.3 Å². The average molecular weight is 365 g/mol. The summed E-state index contributed by atoms with van der Waals surface area (Å²) in [7, 11) is 0. The third-order valence-electron chi connectivity index (χ3n) is 3.98. The largest absolute Gasteiger partial charge is 0.454 e. The van der Waals surface area contributed by atoms with Crippen LogP contribution in [0.2, 0.25) is 0 Å². The number of Topliss-reactive ketones (excluding diaryl/α,β-unsaturated/α-hetero) is 1. The second-order valence-corrected chi connectivity index (χ2v) is 6.43. The third-order valence-corrected chi connectivity index (χ3v) is 4.85. The molecule has 0 amide bonds. The van der Waals surface area contributed by atoms with Crippen LogP contribution in [0.25, 0.3) is 21.5 Å². The lowest BCUT2D eigenvalue weighted by Crippen LogP contribution is -2.24. The molecule has 4 rings (SSSR count). The van der Waals surface area contributed by atoms with Gasteiger partial charge in [-0.1, -0.05) is 6.07 Å². The quantitative estimate of drug-likeness (QED) is 0.615. The monoisotopic (exact) mass is 365 g/mol. The molecule has 1 aliphatic rings. The number of hydrogen-bond donors (Lipinski definition) is 0. The Bertz CT molecular complexity index is 997. The standard InChI is InChI=1S/C17H10F3NO3S/c1-8-9-5-11-12(24-7-23-11)6-10(9)21-15(13-3-2-4-25-13)14(8)16(22)17(18,19)20/h2-6H,7H2,1H3. The van der Waals surface area contributed by atoms with Gasteiger partial charge in [0.15, 0.2) is 11.5 Å². The van der Waals surface area contributed by atoms with Crippen LogP contribution in [0, 0.1) is 6.92 Å². The summed E-state index contributed by atoms with van der Waals surface area (Å²) in [4.78, 5) is 16.9. The van der Waals surface area contributed by atoms with Gasteiger partial charge in [0.2, 0.25) is 6.79 Å². The van der Waals surface area contributed by atoms with Crippen molar-refractivity contribution in [2.24, 2.45) is 0 Å². The first-order chi connectivity index (χ1) is 11.9. The summed E-state index contributed by atoms with van der Waals surface area (Å²) in [5, 5.41) is 2.15. The first-order valence-electron chi connectivity index (χ1n) is 7.25. The number of nitrogens with zero attached hydrogens (tertiary/aromatic N) is 1. The van der Waals surface area contributed by atoms with Crippen molar-refractivity contribution in [3.8, 4) is 22.1 Å². The molecule has 25 heavy (non-hydrogen) atoms. The Morgan fingerprint density at radius 2 is 1.96 bits per heavy atom. The number of pyridine rings is 1. The Labute approximate surface area is 143 Å². The van der Waals surface area contributed by atoms with Crippen molar-refractivity contribution in [3.63, 3.8) is 0 Å². The first-order valence-corrected chi connectivity index (χ1v) is 8.13. The molecule has 3 aromatic rings. The lowest BCUT2D eigenvalue weighted by molar-refractivity contribution is -0.0885. The second-order valence-electron chi connectivity index (χ2n) is 5.49. The van der Waals surface area contributed by atoms with E-state index in [0.717, 1.165) is 0 Å². The Hall–Kier alpha value is -2.61. The summed E-state index contributed by atoms with van der Waals surface area (Å²) in [5.41, 5.74) is 0.264. The summed E-state index contributed by atoms with van der Waals surface area (Å²) in [5.74, 6) is -1.00. The number of hydrogen-bond acceptors (Lipinski definition) is 5. The maximum absolute atomic E-state index is 13.1. The van der Waals surface area contributed by atoms with Gasteiger partial charge in [-0.3, -0.25) is 4.79 Å². The summed E-state index contributed by atoms with van der Waals surface area (Å²) >= 11 is 1.22. The number of aromatic nitrogens is 1. The zero-order chi connectivity index (χ0) is 17.8. The lowest BCUT2D eigenvalue weighted by Gasteiger charge is -2.15. The van der Waals surface area contributed by atoms with Crippen LogP contribution in [-0.2, 0) is 0 Å². The molecule has 0 radical (unpaired) electrons. The molecule has 1 aliphatic heterocycles. The van der Waals surface area contributed by atoms with E-state index in [-0.39, 0.29) is 18.1 Å². The number of rotatable bonds is 2. The van der Waals surface area contributed by atoms with Crippen LogP contribution in [0.1, 0.15) is 15.9 Å². The Balaban J connectivity index is 2.06. The number of thiophene rings is 1. The molecule has 0 N–H and O–H groups in total. The maximum Gasteiger partial charge on any atom is 0.454 e. The van der Waals surface area contributed by atoms with Crippen molar-refractivity contribution in [1.29, 1.82) is 0 Å². The summed E-state index contributed by atoms with van der Waals surface area (Å²) in [6.45, 7) is 1.53. The number of alkyl halides is 3. The summed E-state index contributed by atoms with van der Waals surface area (Å²) in [6, 6.07) is 6.51. The van der Waals surface area contributed by atoms with Gasteiger partial charge >= 0.3 is 6.18 Å². The molecular weight excluding hydrogens is 355 g/mol. The molecule has 0 aliphatic carbocycles. The highest BCUT2D eigenvalue weighted by Gasteiger charge is 2.42. The fourth-order valence-electron chi connectivity index (χ4n) is 2.82. The van der Waals surface area contributed by atoms with Gasteiger partial charge < -0.3 is 9.47 Å². The minimum atomic E-state index is -4.98. The molecule has 0 bridgehead atoms. The molecule has 0 fully saturated rings. The van der Waals surface area contributed by atoms with E-state index in [9.17, 15) is 18.0 Å². The van der Waals surface area contributed by atoms with Gasteiger partial charge in [-0.05, 0) is 30.0 Å². The van der Waals surface area contributed by atoms with Crippen LogP contribution < -0.4 is 9.47 Å². The molecule has 3 heterocycles. The van der Waals surface area contributed by atoms with Gasteiger partial charge in [-0.2, -0.15) is 13.2 Å². The highest BCUT2D eigenvalue weighted by molar-refractivity contribution is 7.13. The van der Waals surface area contributed by atoms with Crippen molar-refractivity contribution >= 4 is 28.0 Å². The Morgan fingerprint density at radius 3 is 2.60 bits per heavy atom. The topological polar surface area (TPSA) is 48.4 Å². The van der Waals surface area contributed by atoms with E-state index in [1.165, 1.54) is 18.3 Å². The number of carbonyl (C=O) groups excluding carboxylic acids is 1. The molecule has 0 atom stereocenters. The van der Waals surface area contributed by atoms with E-state index in [1.807, 2.05) is 0 Å². The number of ketones is 1. The summed E-state index contributed by atoms with van der Waals surface area (Å²) < 4.78 is 50.0. The van der Waals surface area contributed by atoms with Crippen LogP contribution in [0.5, 0.6) is 11.5 Å². The minimum absolute atomic E-state index is 0.0289. The van der Waals surface area contributed by atoms with E-state index in [4.69, 9.17) is 9.47 Å². The number of aryl methyl sites for hydroxylation is 1. The Morgan fingerprint density at radius 1 is 1.24 bits per heavy atom. The molecule has 0 unspecified atom stereocenters. The van der Waals surface area contributed by atoms with Crippen LogP contribution in [0.15, 0.2) is 29.6 Å². The van der Waals surface area contributed by atoms with Gasteiger partial charge in [-0.15, -0.1) is 11.3 Å². The third kappa shape index (κ3) is 2.53. The van der Waals surface area contributed by atoms with Crippen LogP contribution in [0.3, 0.4) is 0 Å². The van der Waals surface area contributed by atoms with Crippen LogP contribution in [-0.4, -0.2) is 23.7 Å². The molecule has 0 spiro atoms. The number of halogens is 3. The molecule has 0 saturated carbocycles. The van der Waals surface area contributed by atoms with Gasteiger partial charge in [-0.25, -0.2) is 4.98 Å². The Kier molecular flexibility index (Phi) is 3.47. The zero-order valence-electron chi connectivity index (χ0n) is 12.8. The van der Waals surface area contributed by atoms with E-state index >= 15 is 0 Å². The number of benzene rings is 1. The van der Waals surface area contributed by atoms with E-state index < -0.39 is 17.5 Å². The zero-order valence-corrected chi connectivity index (χ0v) is 13.6. The molecular formula is C17H10F3NO3S. The minimum Gasteiger partial charge on any atom is -0.454 e. The predicted molar refractivity (Wildman–Crippen MR) is 86.3 cm³/mol. The van der Waals surface area contributed by atoms with E-state index in [2.05, 4.69) is 4.98 Å². The maximum atomic E-state index is 13.1. The highest BCUT2D eigenvalue weighted by Crippen LogP contribution is 2.41.